The molecule has 2 atom stereocenters. The number of hydrogen-bond acceptors (Lipinski definition) is 2. The van der Waals surface area contributed by atoms with Crippen LogP contribution in [0.25, 0.3) is 0 Å². The molecule has 2 heteroatoms. The van der Waals surface area contributed by atoms with E-state index in [0.717, 1.165) is 18.0 Å². The molecule has 0 amide bonds. The Bertz CT molecular complexity index is 160. The van der Waals surface area contributed by atoms with Gasteiger partial charge in [-0.05, 0) is 37.9 Å². The van der Waals surface area contributed by atoms with Crippen molar-refractivity contribution in [1.29, 1.82) is 0 Å². The Morgan fingerprint density at radius 1 is 1.14 bits per heavy atom. The maximum Gasteiger partial charge on any atom is 0.0168 e. The van der Waals surface area contributed by atoms with Crippen LogP contribution in [0.3, 0.4) is 0 Å². The second kappa shape index (κ2) is 5.41. The minimum atomic E-state index is 0.763. The summed E-state index contributed by atoms with van der Waals surface area (Å²) in [5, 5.41) is 3.83. The van der Waals surface area contributed by atoms with Crippen molar-refractivity contribution in [2.24, 2.45) is 5.92 Å². The van der Waals surface area contributed by atoms with E-state index >= 15 is 0 Å². The minimum Gasteiger partial charge on any atom is -0.310 e. The van der Waals surface area contributed by atoms with Crippen molar-refractivity contribution < 1.29 is 0 Å². The molecule has 0 aromatic rings. The molecule has 0 radical (unpaired) electrons. The van der Waals surface area contributed by atoms with Crippen LogP contribution in [0.5, 0.6) is 0 Å². The average molecular weight is 213 g/mol. The highest BCUT2D eigenvalue weighted by Gasteiger charge is 2.23. The molecule has 2 fully saturated rings. The standard InChI is InChI=1S/C12H23NS/c1-10(11-5-3-2-4-6-11)13-12-7-8-14-9-12/h10-13H,2-9H2,1H3/t10-,12+/m0/s1. The summed E-state index contributed by atoms with van der Waals surface area (Å²) in [4.78, 5) is 0. The Morgan fingerprint density at radius 3 is 2.57 bits per heavy atom. The molecule has 0 unspecified atom stereocenters. The summed E-state index contributed by atoms with van der Waals surface area (Å²) in [5.41, 5.74) is 0. The van der Waals surface area contributed by atoms with E-state index in [-0.39, 0.29) is 0 Å². The lowest BCUT2D eigenvalue weighted by atomic mass is 9.84. The van der Waals surface area contributed by atoms with Crippen LogP contribution >= 0.6 is 11.8 Å². The van der Waals surface area contributed by atoms with Crippen molar-refractivity contribution in [3.63, 3.8) is 0 Å². The van der Waals surface area contributed by atoms with E-state index in [1.807, 2.05) is 0 Å². The van der Waals surface area contributed by atoms with E-state index in [9.17, 15) is 0 Å². The van der Waals surface area contributed by atoms with E-state index < -0.39 is 0 Å². The van der Waals surface area contributed by atoms with E-state index in [4.69, 9.17) is 0 Å². The van der Waals surface area contributed by atoms with Gasteiger partial charge in [0, 0.05) is 17.8 Å². The monoisotopic (exact) mass is 213 g/mol. The summed E-state index contributed by atoms with van der Waals surface area (Å²) in [5.74, 6) is 3.68. The number of hydrogen-bond donors (Lipinski definition) is 1. The third kappa shape index (κ3) is 2.90. The van der Waals surface area contributed by atoms with Crippen molar-refractivity contribution in [3.05, 3.63) is 0 Å². The van der Waals surface area contributed by atoms with Gasteiger partial charge in [-0.1, -0.05) is 19.3 Å². The first-order valence-corrected chi connectivity index (χ1v) is 7.35. The highest BCUT2D eigenvalue weighted by atomic mass is 32.2. The first-order valence-electron chi connectivity index (χ1n) is 6.20. The topological polar surface area (TPSA) is 12.0 Å². The number of nitrogens with one attached hydrogen (secondary N) is 1. The van der Waals surface area contributed by atoms with Gasteiger partial charge < -0.3 is 5.32 Å². The summed E-state index contributed by atoms with van der Waals surface area (Å²) in [7, 11) is 0. The average Bonchev–Trinajstić information content (AvgIpc) is 2.72. The van der Waals surface area contributed by atoms with Crippen LogP contribution in [0.15, 0.2) is 0 Å². The molecule has 0 aromatic carbocycles. The third-order valence-electron chi connectivity index (χ3n) is 3.79. The third-order valence-corrected chi connectivity index (χ3v) is 4.95. The van der Waals surface area contributed by atoms with Gasteiger partial charge in [0.2, 0.25) is 0 Å². The molecule has 0 aromatic heterocycles. The molecule has 0 bridgehead atoms. The second-order valence-corrected chi connectivity index (χ2v) is 6.06. The molecular weight excluding hydrogens is 190 g/mol. The van der Waals surface area contributed by atoms with Crippen molar-refractivity contribution in [2.45, 2.75) is 57.5 Å². The maximum atomic E-state index is 3.83. The Morgan fingerprint density at radius 2 is 1.93 bits per heavy atom. The zero-order chi connectivity index (χ0) is 9.80. The zero-order valence-electron chi connectivity index (χ0n) is 9.30. The molecule has 0 spiro atoms. The van der Waals surface area contributed by atoms with Gasteiger partial charge in [-0.2, -0.15) is 11.8 Å². The van der Waals surface area contributed by atoms with Crippen molar-refractivity contribution in [3.8, 4) is 0 Å². The number of rotatable bonds is 3. The highest BCUT2D eigenvalue weighted by molar-refractivity contribution is 7.99. The quantitative estimate of drug-likeness (QED) is 0.773. The van der Waals surface area contributed by atoms with Gasteiger partial charge in [0.15, 0.2) is 0 Å². The predicted molar refractivity (Wildman–Crippen MR) is 64.9 cm³/mol. The highest BCUT2D eigenvalue weighted by Crippen LogP contribution is 2.27. The molecule has 1 nitrogen and oxygen atoms in total. The molecule has 1 saturated carbocycles. The molecule has 1 heterocycles. The predicted octanol–water partition coefficient (Wildman–Crippen LogP) is 3.05. The van der Waals surface area contributed by atoms with Gasteiger partial charge in [0.1, 0.15) is 0 Å². The number of thioether (sulfide) groups is 1. The Balaban J connectivity index is 1.72. The van der Waals surface area contributed by atoms with E-state index in [1.54, 1.807) is 0 Å². The molecule has 82 valence electrons. The summed E-state index contributed by atoms with van der Waals surface area (Å²) >= 11 is 2.11. The maximum absolute atomic E-state index is 3.83. The summed E-state index contributed by atoms with van der Waals surface area (Å²) in [6.45, 7) is 2.40. The largest absolute Gasteiger partial charge is 0.310 e. The van der Waals surface area contributed by atoms with Gasteiger partial charge in [0.05, 0.1) is 0 Å². The Hall–Kier alpha value is 0.310. The smallest absolute Gasteiger partial charge is 0.0168 e. The van der Waals surface area contributed by atoms with Gasteiger partial charge in [-0.3, -0.25) is 0 Å². The van der Waals surface area contributed by atoms with Crippen molar-refractivity contribution in [2.75, 3.05) is 11.5 Å². The van der Waals surface area contributed by atoms with Crippen LogP contribution in [-0.2, 0) is 0 Å². The second-order valence-electron chi connectivity index (χ2n) is 4.91. The zero-order valence-corrected chi connectivity index (χ0v) is 10.1. The fourth-order valence-electron chi connectivity index (χ4n) is 2.81. The summed E-state index contributed by atoms with van der Waals surface area (Å²) in [6.07, 6.45) is 8.73. The first kappa shape index (κ1) is 10.8. The van der Waals surface area contributed by atoms with E-state index in [0.29, 0.717) is 0 Å². The lowest BCUT2D eigenvalue weighted by Crippen LogP contribution is -2.41. The van der Waals surface area contributed by atoms with Gasteiger partial charge >= 0.3 is 0 Å². The molecule has 1 saturated heterocycles. The van der Waals surface area contributed by atoms with Crippen LogP contribution in [0.1, 0.15) is 45.4 Å². The normalized spacial score (nSPS) is 31.9. The summed E-state index contributed by atoms with van der Waals surface area (Å²) in [6, 6.07) is 1.58. The van der Waals surface area contributed by atoms with E-state index in [2.05, 4.69) is 24.0 Å². The van der Waals surface area contributed by atoms with Crippen LogP contribution in [0, 0.1) is 5.92 Å². The van der Waals surface area contributed by atoms with Gasteiger partial charge in [-0.15, -0.1) is 0 Å². The molecule has 14 heavy (non-hydrogen) atoms. The van der Waals surface area contributed by atoms with Gasteiger partial charge in [0.25, 0.3) is 0 Å². The fourth-order valence-corrected chi connectivity index (χ4v) is 3.97. The summed E-state index contributed by atoms with van der Waals surface area (Å²) < 4.78 is 0. The van der Waals surface area contributed by atoms with Crippen LogP contribution in [0.2, 0.25) is 0 Å². The molecule has 2 rings (SSSR count). The molecule has 1 N–H and O–H groups in total. The minimum absolute atomic E-state index is 0.763. The first-order chi connectivity index (χ1) is 6.86. The van der Waals surface area contributed by atoms with Crippen molar-refractivity contribution in [1.82, 2.24) is 5.32 Å². The molecule has 1 aliphatic carbocycles. The van der Waals surface area contributed by atoms with E-state index in [1.165, 1.54) is 50.0 Å². The lowest BCUT2D eigenvalue weighted by Gasteiger charge is -2.30. The molecular formula is C12H23NS. The van der Waals surface area contributed by atoms with Crippen molar-refractivity contribution >= 4 is 11.8 Å². The molecule has 2 aliphatic rings. The Labute approximate surface area is 92.4 Å². The van der Waals surface area contributed by atoms with Gasteiger partial charge in [-0.25, -0.2) is 0 Å². The SMILES string of the molecule is C[C@H](N[C@@H]1CCSC1)C1CCCCC1. The van der Waals surface area contributed by atoms with Crippen LogP contribution in [-0.4, -0.2) is 23.6 Å². The fraction of sp³-hybridized carbons (Fsp3) is 1.00. The van der Waals surface area contributed by atoms with Crippen LogP contribution in [0.4, 0.5) is 0 Å². The Kier molecular flexibility index (Phi) is 4.18. The van der Waals surface area contributed by atoms with Crippen LogP contribution < -0.4 is 5.32 Å². The molecule has 1 aliphatic heterocycles. The lowest BCUT2D eigenvalue weighted by molar-refractivity contribution is 0.268.